The Bertz CT molecular complexity index is 478. The van der Waals surface area contributed by atoms with E-state index in [1.807, 2.05) is 24.0 Å². The lowest BCUT2D eigenvalue weighted by atomic mass is 10.1. The molecule has 0 aliphatic heterocycles. The molecule has 0 fully saturated rings. The lowest BCUT2D eigenvalue weighted by Gasteiger charge is -2.23. The molecule has 4 heteroatoms. The van der Waals surface area contributed by atoms with Gasteiger partial charge in [0.15, 0.2) is 0 Å². The number of carbonyl (C=O) groups is 1. The van der Waals surface area contributed by atoms with Crippen molar-refractivity contribution in [1.29, 1.82) is 5.26 Å². The number of carbonyl (C=O) groups excluding carboxylic acids is 1. The number of hydrogen-bond acceptors (Lipinski definition) is 4. The highest BCUT2D eigenvalue weighted by Gasteiger charge is 2.12. The highest BCUT2D eigenvalue weighted by molar-refractivity contribution is 5.76. The molecule has 102 valence electrons. The van der Waals surface area contributed by atoms with Crippen molar-refractivity contribution in [3.05, 3.63) is 29.3 Å². The molecule has 0 aliphatic rings. The molecule has 0 saturated heterocycles. The molecule has 0 heterocycles. The Balaban J connectivity index is 2.90. The molecule has 0 saturated carbocycles. The number of nitriles is 1. The lowest BCUT2D eigenvalue weighted by Crippen LogP contribution is -2.31. The van der Waals surface area contributed by atoms with E-state index < -0.39 is 0 Å². The number of nitrogens with zero attached hydrogens (tertiary/aromatic N) is 2. The van der Waals surface area contributed by atoms with E-state index in [9.17, 15) is 4.79 Å². The van der Waals surface area contributed by atoms with Crippen molar-refractivity contribution >= 4 is 11.7 Å². The third kappa shape index (κ3) is 4.29. The van der Waals surface area contributed by atoms with Gasteiger partial charge in [0.25, 0.3) is 0 Å². The Morgan fingerprint density at radius 2 is 2.16 bits per heavy atom. The summed E-state index contributed by atoms with van der Waals surface area (Å²) in [6.45, 7) is 7.18. The van der Waals surface area contributed by atoms with Crippen LogP contribution in [0.25, 0.3) is 0 Å². The number of anilines is 1. The van der Waals surface area contributed by atoms with E-state index in [4.69, 9.17) is 10.00 Å². The molecule has 0 bridgehead atoms. The Morgan fingerprint density at radius 1 is 1.42 bits per heavy atom. The maximum absolute atomic E-state index is 11.6. The molecule has 0 unspecified atom stereocenters. The van der Waals surface area contributed by atoms with Crippen LogP contribution in [0.1, 0.15) is 31.4 Å². The lowest BCUT2D eigenvalue weighted by molar-refractivity contribution is -0.141. The molecule has 1 aromatic rings. The predicted molar refractivity (Wildman–Crippen MR) is 75.0 cm³/mol. The van der Waals surface area contributed by atoms with Gasteiger partial charge in [0.2, 0.25) is 0 Å². The summed E-state index contributed by atoms with van der Waals surface area (Å²) < 4.78 is 4.98. The zero-order valence-electron chi connectivity index (χ0n) is 11.8. The van der Waals surface area contributed by atoms with Crippen molar-refractivity contribution in [3.8, 4) is 6.07 Å². The molecular formula is C15H20N2O2. The van der Waals surface area contributed by atoms with E-state index in [0.29, 0.717) is 12.2 Å². The molecule has 0 atom stereocenters. The first-order valence-electron chi connectivity index (χ1n) is 6.53. The summed E-state index contributed by atoms with van der Waals surface area (Å²) in [5, 5.41) is 8.93. The molecule has 4 nitrogen and oxygen atoms in total. The van der Waals surface area contributed by atoms with Gasteiger partial charge in [0, 0.05) is 12.2 Å². The summed E-state index contributed by atoms with van der Waals surface area (Å²) in [4.78, 5) is 13.6. The van der Waals surface area contributed by atoms with E-state index in [-0.39, 0.29) is 12.5 Å². The van der Waals surface area contributed by atoms with Crippen molar-refractivity contribution in [1.82, 2.24) is 0 Å². The molecule has 1 rings (SSSR count). The summed E-state index contributed by atoms with van der Waals surface area (Å²) in [6, 6.07) is 7.75. The first-order chi connectivity index (χ1) is 9.12. The fraction of sp³-hybridized carbons (Fsp3) is 0.467. The summed E-state index contributed by atoms with van der Waals surface area (Å²) in [5.41, 5.74) is 2.53. The van der Waals surface area contributed by atoms with E-state index >= 15 is 0 Å². The highest BCUT2D eigenvalue weighted by Crippen LogP contribution is 2.19. The first-order valence-corrected chi connectivity index (χ1v) is 6.53. The summed E-state index contributed by atoms with van der Waals surface area (Å²) in [6.07, 6.45) is 0.943. The van der Waals surface area contributed by atoms with Crippen LogP contribution < -0.4 is 4.90 Å². The second-order valence-corrected chi connectivity index (χ2v) is 4.34. The van der Waals surface area contributed by atoms with Crippen LogP contribution in [0, 0.1) is 18.3 Å². The fourth-order valence-electron chi connectivity index (χ4n) is 1.90. The van der Waals surface area contributed by atoms with Crippen molar-refractivity contribution in [2.45, 2.75) is 27.2 Å². The molecule has 0 radical (unpaired) electrons. The Labute approximate surface area is 114 Å². The highest BCUT2D eigenvalue weighted by atomic mass is 16.5. The summed E-state index contributed by atoms with van der Waals surface area (Å²) in [5.74, 6) is -0.224. The molecular weight excluding hydrogens is 240 g/mol. The molecule has 0 N–H and O–H groups in total. The number of benzene rings is 1. The number of esters is 1. The normalized spacial score (nSPS) is 9.79. The Kier molecular flexibility index (Phi) is 5.87. The van der Waals surface area contributed by atoms with E-state index in [1.54, 1.807) is 13.0 Å². The van der Waals surface area contributed by atoms with Gasteiger partial charge >= 0.3 is 5.97 Å². The van der Waals surface area contributed by atoms with Crippen molar-refractivity contribution in [2.24, 2.45) is 0 Å². The van der Waals surface area contributed by atoms with Crippen LogP contribution in [0.5, 0.6) is 0 Å². The van der Waals surface area contributed by atoms with Gasteiger partial charge in [0.05, 0.1) is 18.2 Å². The van der Waals surface area contributed by atoms with Crippen LogP contribution in [-0.4, -0.2) is 25.7 Å². The maximum atomic E-state index is 11.6. The third-order valence-corrected chi connectivity index (χ3v) is 2.81. The number of aryl methyl sites for hydroxylation is 1. The van der Waals surface area contributed by atoms with E-state index in [0.717, 1.165) is 24.2 Å². The van der Waals surface area contributed by atoms with Gasteiger partial charge in [-0.2, -0.15) is 5.26 Å². The van der Waals surface area contributed by atoms with Crippen LogP contribution in [0.4, 0.5) is 5.69 Å². The minimum Gasteiger partial charge on any atom is -0.465 e. The fourth-order valence-corrected chi connectivity index (χ4v) is 1.90. The molecule has 0 aromatic heterocycles. The quantitative estimate of drug-likeness (QED) is 0.738. The maximum Gasteiger partial charge on any atom is 0.325 e. The van der Waals surface area contributed by atoms with Gasteiger partial charge in [0.1, 0.15) is 6.54 Å². The average molecular weight is 260 g/mol. The topological polar surface area (TPSA) is 53.3 Å². The molecule has 0 amide bonds. The molecule has 0 spiro atoms. The second kappa shape index (κ2) is 7.42. The Morgan fingerprint density at radius 3 is 2.68 bits per heavy atom. The number of ether oxygens (including phenoxy) is 1. The first kappa shape index (κ1) is 15.0. The van der Waals surface area contributed by atoms with Crippen LogP contribution >= 0.6 is 0 Å². The monoisotopic (exact) mass is 260 g/mol. The van der Waals surface area contributed by atoms with Crippen molar-refractivity contribution < 1.29 is 9.53 Å². The summed E-state index contributed by atoms with van der Waals surface area (Å²) in [7, 11) is 0. The van der Waals surface area contributed by atoms with Gasteiger partial charge in [-0.05, 0) is 44.0 Å². The third-order valence-electron chi connectivity index (χ3n) is 2.81. The van der Waals surface area contributed by atoms with Crippen molar-refractivity contribution in [2.75, 3.05) is 24.6 Å². The molecule has 1 aromatic carbocycles. The van der Waals surface area contributed by atoms with Gasteiger partial charge in [-0.15, -0.1) is 0 Å². The smallest absolute Gasteiger partial charge is 0.325 e. The number of hydrogen-bond donors (Lipinski definition) is 0. The number of rotatable bonds is 6. The molecule has 0 aliphatic carbocycles. The van der Waals surface area contributed by atoms with Crippen LogP contribution in [0.15, 0.2) is 18.2 Å². The van der Waals surface area contributed by atoms with Crippen LogP contribution in [0.2, 0.25) is 0 Å². The average Bonchev–Trinajstić information content (AvgIpc) is 2.38. The predicted octanol–water partition coefficient (Wildman–Crippen LogP) is 2.65. The SMILES string of the molecule is CCCN(CC(=O)OCC)c1ccc(C#N)c(C)c1. The zero-order valence-corrected chi connectivity index (χ0v) is 11.8. The van der Waals surface area contributed by atoms with Gasteiger partial charge in [-0.25, -0.2) is 0 Å². The molecule has 19 heavy (non-hydrogen) atoms. The minimum absolute atomic E-state index is 0.224. The summed E-state index contributed by atoms with van der Waals surface area (Å²) >= 11 is 0. The Hall–Kier alpha value is -2.02. The second-order valence-electron chi connectivity index (χ2n) is 4.34. The van der Waals surface area contributed by atoms with Gasteiger partial charge < -0.3 is 9.64 Å². The zero-order chi connectivity index (χ0) is 14.3. The standard InChI is InChI=1S/C15H20N2O2/c1-4-8-17(11-15(18)19-5-2)14-7-6-13(10-16)12(3)9-14/h6-7,9H,4-5,8,11H2,1-3H3. The van der Waals surface area contributed by atoms with Crippen LogP contribution in [-0.2, 0) is 9.53 Å². The largest absolute Gasteiger partial charge is 0.465 e. The van der Waals surface area contributed by atoms with E-state index in [1.165, 1.54) is 0 Å². The van der Waals surface area contributed by atoms with E-state index in [2.05, 4.69) is 13.0 Å². The van der Waals surface area contributed by atoms with Crippen molar-refractivity contribution in [3.63, 3.8) is 0 Å². The van der Waals surface area contributed by atoms with Gasteiger partial charge in [-0.1, -0.05) is 6.92 Å². The van der Waals surface area contributed by atoms with Gasteiger partial charge in [-0.3, -0.25) is 4.79 Å². The van der Waals surface area contributed by atoms with Crippen LogP contribution in [0.3, 0.4) is 0 Å². The minimum atomic E-state index is -0.224.